The second-order valence-electron chi connectivity index (χ2n) is 7.59. The standard InChI is InChI=1S/C25H19Cl2NO4/c1-30-22-5-3-2-4-17(22)20-13-31-25-18(24(20)29)8-9-23-19(25)12-28(14-32-23)11-15-6-7-16(26)10-21(15)27/h2-10,13H,11-12,14H2,1H3. The molecule has 0 radical (unpaired) electrons. The van der Waals surface area contributed by atoms with E-state index in [-0.39, 0.29) is 5.43 Å². The van der Waals surface area contributed by atoms with Gasteiger partial charge in [-0.3, -0.25) is 9.69 Å². The van der Waals surface area contributed by atoms with Crippen molar-refractivity contribution in [3.05, 3.63) is 92.3 Å². The molecule has 0 amide bonds. The van der Waals surface area contributed by atoms with Crippen LogP contribution in [-0.2, 0) is 13.1 Å². The Morgan fingerprint density at radius 2 is 1.91 bits per heavy atom. The smallest absolute Gasteiger partial charge is 0.200 e. The maximum absolute atomic E-state index is 13.3. The zero-order valence-corrected chi connectivity index (χ0v) is 18.7. The number of methoxy groups -OCH3 is 1. The molecule has 32 heavy (non-hydrogen) atoms. The van der Waals surface area contributed by atoms with Crippen molar-refractivity contribution >= 4 is 34.2 Å². The molecule has 5 nitrogen and oxygen atoms in total. The normalized spacial score (nSPS) is 13.6. The zero-order chi connectivity index (χ0) is 22.2. The monoisotopic (exact) mass is 467 g/mol. The first-order chi connectivity index (χ1) is 15.5. The molecule has 7 heteroatoms. The van der Waals surface area contributed by atoms with Crippen LogP contribution >= 0.6 is 23.2 Å². The van der Waals surface area contributed by atoms with Gasteiger partial charge in [0.1, 0.15) is 30.1 Å². The molecule has 0 aliphatic carbocycles. The third-order valence-electron chi connectivity index (χ3n) is 5.59. The summed E-state index contributed by atoms with van der Waals surface area (Å²) in [5.41, 5.74) is 3.34. The largest absolute Gasteiger partial charge is 0.496 e. The first-order valence-corrected chi connectivity index (χ1v) is 10.8. The Morgan fingerprint density at radius 3 is 2.72 bits per heavy atom. The number of halogens is 2. The van der Waals surface area contributed by atoms with Crippen LogP contribution in [0, 0.1) is 0 Å². The SMILES string of the molecule is COc1ccccc1-c1coc2c3c(ccc2c1=O)OCN(Cc1ccc(Cl)cc1Cl)C3. The summed E-state index contributed by atoms with van der Waals surface area (Å²) in [6.45, 7) is 1.54. The summed E-state index contributed by atoms with van der Waals surface area (Å²) in [6, 6.07) is 16.4. The van der Waals surface area contributed by atoms with Gasteiger partial charge in [-0.05, 0) is 35.9 Å². The minimum Gasteiger partial charge on any atom is -0.496 e. The molecular weight excluding hydrogens is 449 g/mol. The molecule has 1 aliphatic rings. The highest BCUT2D eigenvalue weighted by atomic mass is 35.5. The van der Waals surface area contributed by atoms with E-state index in [0.717, 1.165) is 11.1 Å². The summed E-state index contributed by atoms with van der Waals surface area (Å²) < 4.78 is 17.4. The van der Waals surface area contributed by atoms with Crippen molar-refractivity contribution in [1.82, 2.24) is 4.90 Å². The summed E-state index contributed by atoms with van der Waals surface area (Å²) in [6.07, 6.45) is 1.50. The molecule has 0 atom stereocenters. The van der Waals surface area contributed by atoms with Gasteiger partial charge in [-0.15, -0.1) is 0 Å². The Balaban J connectivity index is 1.53. The van der Waals surface area contributed by atoms with Gasteiger partial charge in [0.25, 0.3) is 0 Å². The molecular formula is C25H19Cl2NO4. The quantitative estimate of drug-likeness (QED) is 0.361. The summed E-state index contributed by atoms with van der Waals surface area (Å²) in [5.74, 6) is 1.33. The lowest BCUT2D eigenvalue weighted by molar-refractivity contribution is 0.0890. The van der Waals surface area contributed by atoms with Gasteiger partial charge >= 0.3 is 0 Å². The molecule has 1 aliphatic heterocycles. The van der Waals surface area contributed by atoms with Crippen LogP contribution in [0.15, 0.2) is 70.1 Å². The highest BCUT2D eigenvalue weighted by Crippen LogP contribution is 2.35. The third-order valence-corrected chi connectivity index (χ3v) is 6.18. The Kier molecular flexibility index (Phi) is 5.55. The zero-order valence-electron chi connectivity index (χ0n) is 17.2. The van der Waals surface area contributed by atoms with E-state index in [0.29, 0.717) is 63.5 Å². The number of rotatable bonds is 4. The number of hydrogen-bond acceptors (Lipinski definition) is 5. The summed E-state index contributed by atoms with van der Waals surface area (Å²) in [5, 5.41) is 1.70. The number of ether oxygens (including phenoxy) is 2. The molecule has 0 saturated heterocycles. The molecule has 0 unspecified atom stereocenters. The first-order valence-electron chi connectivity index (χ1n) is 10.0. The van der Waals surface area contributed by atoms with E-state index in [4.69, 9.17) is 37.1 Å². The van der Waals surface area contributed by atoms with Crippen LogP contribution < -0.4 is 14.9 Å². The number of para-hydroxylation sites is 1. The average molecular weight is 468 g/mol. The van der Waals surface area contributed by atoms with Gasteiger partial charge in [-0.25, -0.2) is 0 Å². The molecule has 162 valence electrons. The van der Waals surface area contributed by atoms with Gasteiger partial charge in [-0.2, -0.15) is 0 Å². The van der Waals surface area contributed by atoms with Crippen molar-refractivity contribution in [2.24, 2.45) is 0 Å². The van der Waals surface area contributed by atoms with Crippen LogP contribution in [-0.4, -0.2) is 18.7 Å². The van der Waals surface area contributed by atoms with E-state index in [1.54, 1.807) is 19.2 Å². The molecule has 0 fully saturated rings. The molecule has 2 heterocycles. The van der Waals surface area contributed by atoms with Crippen LogP contribution in [0.2, 0.25) is 10.0 Å². The second-order valence-corrected chi connectivity index (χ2v) is 8.44. The van der Waals surface area contributed by atoms with E-state index >= 15 is 0 Å². The minimum atomic E-state index is -0.114. The van der Waals surface area contributed by atoms with Gasteiger partial charge in [0, 0.05) is 28.7 Å². The molecule has 5 rings (SSSR count). The highest BCUT2D eigenvalue weighted by molar-refractivity contribution is 6.35. The van der Waals surface area contributed by atoms with Crippen molar-refractivity contribution in [2.45, 2.75) is 13.1 Å². The lowest BCUT2D eigenvalue weighted by Crippen LogP contribution is -2.31. The fourth-order valence-electron chi connectivity index (χ4n) is 4.00. The average Bonchev–Trinajstić information content (AvgIpc) is 2.81. The number of benzene rings is 3. The second kappa shape index (κ2) is 8.51. The van der Waals surface area contributed by atoms with Gasteiger partial charge in [-0.1, -0.05) is 47.5 Å². The maximum atomic E-state index is 13.3. The Hall–Kier alpha value is -2.99. The number of hydrogen-bond donors (Lipinski definition) is 0. The van der Waals surface area contributed by atoms with Crippen LogP contribution in [0.5, 0.6) is 11.5 Å². The maximum Gasteiger partial charge on any atom is 0.200 e. The highest BCUT2D eigenvalue weighted by Gasteiger charge is 2.24. The molecule has 0 bridgehead atoms. The molecule has 3 aromatic carbocycles. The van der Waals surface area contributed by atoms with Gasteiger partial charge in [0.15, 0.2) is 0 Å². The van der Waals surface area contributed by atoms with E-state index in [9.17, 15) is 4.79 Å². The van der Waals surface area contributed by atoms with Crippen LogP contribution in [0.4, 0.5) is 0 Å². The lowest BCUT2D eigenvalue weighted by Gasteiger charge is -2.29. The predicted octanol–water partition coefficient (Wildman–Crippen LogP) is 6.13. The molecule has 0 saturated carbocycles. The fourth-order valence-corrected chi connectivity index (χ4v) is 4.47. The van der Waals surface area contributed by atoms with Crippen molar-refractivity contribution in [3.63, 3.8) is 0 Å². The third kappa shape index (κ3) is 3.73. The van der Waals surface area contributed by atoms with Crippen LogP contribution in [0.1, 0.15) is 11.1 Å². The number of nitrogens with zero attached hydrogens (tertiary/aromatic N) is 1. The molecule has 4 aromatic rings. The van der Waals surface area contributed by atoms with Crippen molar-refractivity contribution in [1.29, 1.82) is 0 Å². The molecule has 0 N–H and O–H groups in total. The van der Waals surface area contributed by atoms with Crippen molar-refractivity contribution in [3.8, 4) is 22.6 Å². The van der Waals surface area contributed by atoms with Crippen molar-refractivity contribution < 1.29 is 13.9 Å². The van der Waals surface area contributed by atoms with Gasteiger partial charge in [0.2, 0.25) is 5.43 Å². The van der Waals surface area contributed by atoms with E-state index in [1.165, 1.54) is 6.26 Å². The van der Waals surface area contributed by atoms with Crippen LogP contribution in [0.3, 0.4) is 0 Å². The topological polar surface area (TPSA) is 51.9 Å². The Bertz CT molecular complexity index is 1380. The molecule has 0 spiro atoms. The number of fused-ring (bicyclic) bond motifs is 3. The van der Waals surface area contributed by atoms with Gasteiger partial charge in [0.05, 0.1) is 23.6 Å². The summed E-state index contributed by atoms with van der Waals surface area (Å²) >= 11 is 12.4. The first kappa shape index (κ1) is 20.9. The summed E-state index contributed by atoms with van der Waals surface area (Å²) in [7, 11) is 1.58. The predicted molar refractivity (Wildman–Crippen MR) is 126 cm³/mol. The van der Waals surface area contributed by atoms with Crippen LogP contribution in [0.25, 0.3) is 22.1 Å². The minimum absolute atomic E-state index is 0.114. The lowest BCUT2D eigenvalue weighted by atomic mass is 10.0. The van der Waals surface area contributed by atoms with E-state index < -0.39 is 0 Å². The Morgan fingerprint density at radius 1 is 1.06 bits per heavy atom. The summed E-state index contributed by atoms with van der Waals surface area (Å²) in [4.78, 5) is 15.4. The van der Waals surface area contributed by atoms with Crippen molar-refractivity contribution in [2.75, 3.05) is 13.8 Å². The Labute approximate surface area is 194 Å². The van der Waals surface area contributed by atoms with E-state index in [2.05, 4.69) is 4.90 Å². The van der Waals surface area contributed by atoms with Gasteiger partial charge < -0.3 is 13.9 Å². The fraction of sp³-hybridized carbons (Fsp3) is 0.160. The molecule has 1 aromatic heterocycles. The van der Waals surface area contributed by atoms with E-state index in [1.807, 2.05) is 42.5 Å².